The van der Waals surface area contributed by atoms with Gasteiger partial charge < -0.3 is 0 Å². The van der Waals surface area contributed by atoms with E-state index in [1.54, 1.807) is 0 Å². The minimum Gasteiger partial charge on any atom is -0.260 e. The monoisotopic (exact) mass is 350 g/mol. The maximum Gasteiger partial charge on any atom is 0.365 e. The fraction of sp³-hybridized carbons (Fsp3) is 0.333. The van der Waals surface area contributed by atoms with Gasteiger partial charge >= 0.3 is 10.8 Å². The van der Waals surface area contributed by atoms with Crippen LogP contribution < -0.4 is 0 Å². The van der Waals surface area contributed by atoms with Crippen LogP contribution in [0.4, 0.5) is 17.6 Å². The third kappa shape index (κ3) is 3.66. The highest BCUT2D eigenvalue weighted by Gasteiger charge is 2.55. The predicted molar refractivity (Wildman–Crippen MR) is 58.4 cm³/mol. The molecule has 0 saturated heterocycles. The molecule has 0 bridgehead atoms. The van der Waals surface area contributed by atoms with E-state index in [1.165, 1.54) is 34.1 Å². The summed E-state index contributed by atoms with van der Waals surface area (Å²) in [6.07, 6.45) is 0. The van der Waals surface area contributed by atoms with E-state index in [9.17, 15) is 26.0 Å². The molecule has 0 N–H and O–H groups in total. The maximum absolute atomic E-state index is 12.8. The van der Waals surface area contributed by atoms with E-state index < -0.39 is 32.4 Å². The molecular weight excluding hydrogens is 344 g/mol. The van der Waals surface area contributed by atoms with Crippen molar-refractivity contribution in [2.75, 3.05) is 6.61 Å². The quantitative estimate of drug-likeness (QED) is 0.465. The van der Waals surface area contributed by atoms with Gasteiger partial charge in [-0.15, -0.1) is 0 Å². The van der Waals surface area contributed by atoms with Gasteiger partial charge in [0.25, 0.3) is 10.1 Å². The van der Waals surface area contributed by atoms with Gasteiger partial charge in [0.15, 0.2) is 0 Å². The van der Waals surface area contributed by atoms with Crippen molar-refractivity contribution in [1.29, 1.82) is 0 Å². The molecule has 0 saturated carbocycles. The number of benzene rings is 1. The zero-order valence-electron chi connectivity index (χ0n) is 8.62. The highest BCUT2D eigenvalue weighted by molar-refractivity contribution is 9.10. The van der Waals surface area contributed by atoms with Crippen molar-refractivity contribution in [2.24, 2.45) is 0 Å². The van der Waals surface area contributed by atoms with Crippen LogP contribution in [0.3, 0.4) is 0 Å². The molecule has 18 heavy (non-hydrogen) atoms. The van der Waals surface area contributed by atoms with Crippen LogP contribution in [-0.2, 0) is 14.3 Å². The van der Waals surface area contributed by atoms with Crippen molar-refractivity contribution in [2.45, 2.75) is 15.6 Å². The SMILES string of the molecule is O=S(=O)(OCC(F)(F)C(F)(F)Br)c1ccccc1. The van der Waals surface area contributed by atoms with Gasteiger partial charge in [0.05, 0.1) is 4.90 Å². The van der Waals surface area contributed by atoms with Gasteiger partial charge in [-0.1, -0.05) is 18.2 Å². The van der Waals surface area contributed by atoms with Crippen molar-refractivity contribution in [1.82, 2.24) is 0 Å². The third-order valence-corrected chi connectivity index (χ3v) is 3.70. The third-order valence-electron chi connectivity index (χ3n) is 1.84. The van der Waals surface area contributed by atoms with Gasteiger partial charge in [0, 0.05) is 0 Å². The second kappa shape index (κ2) is 5.14. The molecule has 0 spiro atoms. The molecule has 1 aromatic rings. The van der Waals surface area contributed by atoms with E-state index in [0.29, 0.717) is 0 Å². The minimum absolute atomic E-state index is 0.390. The summed E-state index contributed by atoms with van der Waals surface area (Å²) in [6.45, 7) is -1.96. The summed E-state index contributed by atoms with van der Waals surface area (Å²) in [5.74, 6) is -4.64. The lowest BCUT2D eigenvalue weighted by Crippen LogP contribution is -2.40. The van der Waals surface area contributed by atoms with Crippen LogP contribution in [0, 0.1) is 0 Å². The fourth-order valence-corrected chi connectivity index (χ4v) is 1.93. The lowest BCUT2D eigenvalue weighted by Gasteiger charge is -2.20. The summed E-state index contributed by atoms with van der Waals surface area (Å²) in [5, 5.41) is 0. The van der Waals surface area contributed by atoms with Crippen molar-refractivity contribution >= 4 is 26.0 Å². The van der Waals surface area contributed by atoms with Crippen LogP contribution in [-0.4, -0.2) is 25.8 Å². The molecule has 0 aliphatic rings. The molecule has 0 unspecified atom stereocenters. The van der Waals surface area contributed by atoms with Gasteiger partial charge in [-0.2, -0.15) is 26.0 Å². The molecule has 0 aliphatic carbocycles. The summed E-state index contributed by atoms with van der Waals surface area (Å²) < 4.78 is 77.0. The Morgan fingerprint density at radius 3 is 2.06 bits per heavy atom. The number of halogens is 5. The number of rotatable bonds is 5. The molecule has 1 aromatic carbocycles. The Bertz CT molecular complexity index is 498. The van der Waals surface area contributed by atoms with E-state index in [4.69, 9.17) is 0 Å². The van der Waals surface area contributed by atoms with Crippen molar-refractivity contribution in [3.05, 3.63) is 30.3 Å². The Hall–Kier alpha value is -0.670. The van der Waals surface area contributed by atoms with Crippen LogP contribution in [0.15, 0.2) is 35.2 Å². The van der Waals surface area contributed by atoms with Gasteiger partial charge in [0.2, 0.25) is 0 Å². The lowest BCUT2D eigenvalue weighted by molar-refractivity contribution is -0.164. The second-order valence-corrected chi connectivity index (χ2v) is 5.84. The number of hydrogen-bond donors (Lipinski definition) is 0. The van der Waals surface area contributed by atoms with E-state index in [-0.39, 0.29) is 0 Å². The van der Waals surface area contributed by atoms with Crippen LogP contribution in [0.1, 0.15) is 0 Å². The summed E-state index contributed by atoms with van der Waals surface area (Å²) in [6, 6.07) is 6.38. The van der Waals surface area contributed by atoms with E-state index in [2.05, 4.69) is 4.18 Å². The first kappa shape index (κ1) is 15.4. The topological polar surface area (TPSA) is 43.4 Å². The summed E-state index contributed by atoms with van der Waals surface area (Å²) in [4.78, 5) is -4.94. The van der Waals surface area contributed by atoms with E-state index in [0.717, 1.165) is 12.1 Å². The lowest BCUT2D eigenvalue weighted by atomic mass is 10.4. The zero-order valence-corrected chi connectivity index (χ0v) is 11.0. The average molecular weight is 351 g/mol. The second-order valence-electron chi connectivity index (χ2n) is 3.23. The highest BCUT2D eigenvalue weighted by atomic mass is 79.9. The van der Waals surface area contributed by atoms with E-state index in [1.807, 2.05) is 0 Å². The Labute approximate surface area is 109 Å². The Morgan fingerprint density at radius 1 is 1.11 bits per heavy atom. The van der Waals surface area contributed by atoms with Crippen LogP contribution in [0.25, 0.3) is 0 Å². The summed E-state index contributed by atoms with van der Waals surface area (Å²) >= 11 is 1.47. The summed E-state index contributed by atoms with van der Waals surface area (Å²) in [7, 11) is -4.49. The number of hydrogen-bond acceptors (Lipinski definition) is 3. The smallest absolute Gasteiger partial charge is 0.260 e. The molecule has 102 valence electrons. The Balaban J connectivity index is 2.82. The van der Waals surface area contributed by atoms with Crippen LogP contribution in [0.5, 0.6) is 0 Å². The van der Waals surface area contributed by atoms with Gasteiger partial charge in [0.1, 0.15) is 6.61 Å². The Kier molecular flexibility index (Phi) is 4.39. The molecule has 0 amide bonds. The maximum atomic E-state index is 12.8. The van der Waals surface area contributed by atoms with Crippen LogP contribution >= 0.6 is 15.9 Å². The zero-order chi connectivity index (χ0) is 14.0. The first-order chi connectivity index (χ1) is 8.06. The van der Waals surface area contributed by atoms with E-state index >= 15 is 0 Å². The first-order valence-electron chi connectivity index (χ1n) is 4.45. The van der Waals surface area contributed by atoms with Gasteiger partial charge in [-0.25, -0.2) is 0 Å². The molecule has 9 heteroatoms. The van der Waals surface area contributed by atoms with Crippen molar-refractivity contribution in [3.63, 3.8) is 0 Å². The van der Waals surface area contributed by atoms with Gasteiger partial charge in [-0.3, -0.25) is 4.18 Å². The molecular formula is C9H7BrF4O3S. The molecule has 0 aromatic heterocycles. The Morgan fingerprint density at radius 2 is 1.61 bits per heavy atom. The minimum atomic E-state index is -4.64. The molecule has 3 nitrogen and oxygen atoms in total. The molecule has 0 radical (unpaired) electrons. The molecule has 0 heterocycles. The van der Waals surface area contributed by atoms with Crippen molar-refractivity contribution in [3.8, 4) is 0 Å². The molecule has 1 rings (SSSR count). The fourth-order valence-electron chi connectivity index (χ4n) is 0.889. The average Bonchev–Trinajstić information content (AvgIpc) is 2.26. The van der Waals surface area contributed by atoms with Crippen LogP contribution in [0.2, 0.25) is 0 Å². The summed E-state index contributed by atoms with van der Waals surface area (Å²) in [5.41, 5.74) is 0. The molecule has 0 atom stereocenters. The van der Waals surface area contributed by atoms with Crippen molar-refractivity contribution < 1.29 is 30.2 Å². The normalized spacial score (nSPS) is 13.6. The number of alkyl halides is 5. The highest BCUT2D eigenvalue weighted by Crippen LogP contribution is 2.39. The molecule has 0 fully saturated rings. The molecule has 0 aliphatic heterocycles. The standard InChI is InChI=1S/C9H7BrF4O3S/c10-9(13,14)8(11,12)6-17-18(15,16)7-4-2-1-3-5-7/h1-5H,6H2. The largest absolute Gasteiger partial charge is 0.365 e. The van der Waals surface area contributed by atoms with Gasteiger partial charge in [-0.05, 0) is 28.1 Å². The predicted octanol–water partition coefficient (Wildman–Crippen LogP) is 3.01. The first-order valence-corrected chi connectivity index (χ1v) is 6.65.